The highest BCUT2D eigenvalue weighted by Gasteiger charge is 2.56. The molecule has 0 saturated carbocycles. The molecule has 3 saturated heterocycles. The Labute approximate surface area is 171 Å². The average Bonchev–Trinajstić information content (AvgIpc) is 2.79. The van der Waals surface area contributed by atoms with Gasteiger partial charge in [0.2, 0.25) is 0 Å². The molecule has 1 unspecified atom stereocenters. The van der Waals surface area contributed by atoms with Crippen molar-refractivity contribution in [2.75, 3.05) is 40.0 Å². The molecule has 29 heavy (non-hydrogen) atoms. The molecule has 154 valence electrons. The van der Waals surface area contributed by atoms with Crippen LogP contribution in [0, 0.1) is 0 Å². The number of amides is 1. The van der Waals surface area contributed by atoms with Gasteiger partial charge in [-0.3, -0.25) is 9.69 Å². The molecule has 1 aromatic heterocycles. The first kappa shape index (κ1) is 19.0. The van der Waals surface area contributed by atoms with E-state index in [0.29, 0.717) is 17.8 Å². The van der Waals surface area contributed by atoms with Crippen molar-refractivity contribution in [1.29, 1.82) is 0 Å². The van der Waals surface area contributed by atoms with Gasteiger partial charge in [0.1, 0.15) is 5.69 Å². The summed E-state index contributed by atoms with van der Waals surface area (Å²) >= 11 is 0. The fraction of sp³-hybridized carbons (Fsp3) is 0.565. The van der Waals surface area contributed by atoms with Crippen LogP contribution in [0.3, 0.4) is 0 Å². The number of carbonyl (C=O) groups is 1. The molecule has 0 N–H and O–H groups in total. The van der Waals surface area contributed by atoms with Crippen LogP contribution >= 0.6 is 0 Å². The molecule has 1 spiro atoms. The number of methoxy groups -OCH3 is 1. The minimum atomic E-state index is 0.0494. The number of ether oxygens (including phenoxy) is 2. The number of likely N-dealkylation sites (tertiary alicyclic amines) is 2. The second-order valence-corrected chi connectivity index (χ2v) is 8.51. The normalized spacial score (nSPS) is 25.3. The van der Waals surface area contributed by atoms with Gasteiger partial charge in [0.05, 0.1) is 17.2 Å². The molecule has 6 nitrogen and oxygen atoms in total. The van der Waals surface area contributed by atoms with Gasteiger partial charge >= 0.3 is 0 Å². The van der Waals surface area contributed by atoms with Gasteiger partial charge in [-0.1, -0.05) is 24.3 Å². The number of nitrogens with zero attached hydrogens (tertiary/aromatic N) is 3. The van der Waals surface area contributed by atoms with Gasteiger partial charge in [-0.15, -0.1) is 0 Å². The zero-order chi connectivity index (χ0) is 19.8. The summed E-state index contributed by atoms with van der Waals surface area (Å²) in [6.45, 7) is 4.22. The smallest absolute Gasteiger partial charge is 0.272 e. The van der Waals surface area contributed by atoms with Gasteiger partial charge in [0.15, 0.2) is 0 Å². The number of hydrogen-bond acceptors (Lipinski definition) is 5. The first-order valence-corrected chi connectivity index (χ1v) is 10.7. The first-order chi connectivity index (χ1) is 14.2. The molecule has 4 heterocycles. The number of hydrogen-bond donors (Lipinski definition) is 0. The van der Waals surface area contributed by atoms with E-state index in [1.807, 2.05) is 48.4 Å². The van der Waals surface area contributed by atoms with Crippen molar-refractivity contribution in [3.63, 3.8) is 0 Å². The topological polar surface area (TPSA) is 54.9 Å². The van der Waals surface area contributed by atoms with E-state index in [2.05, 4.69) is 9.88 Å². The van der Waals surface area contributed by atoms with Crippen molar-refractivity contribution in [2.45, 2.75) is 43.4 Å². The molecule has 5 rings (SSSR count). The van der Waals surface area contributed by atoms with E-state index in [1.165, 1.54) is 0 Å². The lowest BCUT2D eigenvalue weighted by Crippen LogP contribution is -2.75. The number of para-hydroxylation sites is 1. The third-order valence-corrected chi connectivity index (χ3v) is 7.19. The fourth-order valence-electron chi connectivity index (χ4n) is 5.47. The van der Waals surface area contributed by atoms with Crippen LogP contribution in [-0.4, -0.2) is 78.3 Å². The molecule has 0 bridgehead atoms. The Balaban J connectivity index is 1.24. The van der Waals surface area contributed by atoms with E-state index in [1.54, 1.807) is 0 Å². The summed E-state index contributed by atoms with van der Waals surface area (Å²) in [5.41, 5.74) is 1.57. The average molecular weight is 396 g/mol. The highest BCUT2D eigenvalue weighted by atomic mass is 16.5. The minimum Gasteiger partial charge on any atom is -0.381 e. The lowest BCUT2D eigenvalue weighted by atomic mass is 9.73. The Bertz CT molecular complexity index is 888. The quantitative estimate of drug-likeness (QED) is 0.800. The number of carbonyl (C=O) groups excluding carboxylic acids is 1. The summed E-state index contributed by atoms with van der Waals surface area (Å²) in [7, 11) is 1.83. The monoisotopic (exact) mass is 395 g/mol. The van der Waals surface area contributed by atoms with Gasteiger partial charge < -0.3 is 14.4 Å². The summed E-state index contributed by atoms with van der Waals surface area (Å²) in [6.07, 6.45) is 4.43. The highest BCUT2D eigenvalue weighted by molar-refractivity contribution is 5.95. The van der Waals surface area contributed by atoms with E-state index in [9.17, 15) is 4.79 Å². The molecule has 3 aliphatic heterocycles. The van der Waals surface area contributed by atoms with Crippen LogP contribution in [-0.2, 0) is 9.47 Å². The Morgan fingerprint density at radius 3 is 2.66 bits per heavy atom. The predicted molar refractivity (Wildman–Crippen MR) is 111 cm³/mol. The largest absolute Gasteiger partial charge is 0.381 e. The molecule has 6 heteroatoms. The first-order valence-electron chi connectivity index (χ1n) is 10.7. The van der Waals surface area contributed by atoms with Crippen molar-refractivity contribution in [1.82, 2.24) is 14.8 Å². The summed E-state index contributed by atoms with van der Waals surface area (Å²) in [5, 5.41) is 1.06. The number of pyridine rings is 1. The summed E-state index contributed by atoms with van der Waals surface area (Å²) in [6, 6.07) is 12.3. The van der Waals surface area contributed by atoms with Crippen LogP contribution in [0.15, 0.2) is 36.4 Å². The van der Waals surface area contributed by atoms with Crippen LogP contribution in [0.1, 0.15) is 36.2 Å². The molecule has 2 aromatic rings. The number of piperidine rings is 1. The van der Waals surface area contributed by atoms with Crippen LogP contribution in [0.25, 0.3) is 10.9 Å². The van der Waals surface area contributed by atoms with Gasteiger partial charge in [-0.05, 0) is 37.8 Å². The molecular formula is C23H29N3O3. The molecule has 0 aliphatic carbocycles. The Kier molecular flexibility index (Phi) is 5.02. The lowest BCUT2D eigenvalue weighted by Gasteiger charge is -2.63. The Morgan fingerprint density at radius 2 is 1.90 bits per heavy atom. The molecular weight excluding hydrogens is 366 g/mol. The van der Waals surface area contributed by atoms with Gasteiger partial charge in [0.25, 0.3) is 5.91 Å². The third kappa shape index (κ3) is 3.23. The zero-order valence-corrected chi connectivity index (χ0v) is 17.0. The second kappa shape index (κ2) is 7.67. The number of benzene rings is 1. The van der Waals surface area contributed by atoms with Crippen molar-refractivity contribution < 1.29 is 14.3 Å². The Morgan fingerprint density at radius 1 is 1.14 bits per heavy atom. The van der Waals surface area contributed by atoms with Crippen molar-refractivity contribution in [3.05, 3.63) is 42.1 Å². The number of rotatable bonds is 3. The predicted octanol–water partition coefficient (Wildman–Crippen LogP) is 2.72. The minimum absolute atomic E-state index is 0.0494. The van der Waals surface area contributed by atoms with Crippen LogP contribution in [0.4, 0.5) is 0 Å². The van der Waals surface area contributed by atoms with E-state index in [-0.39, 0.29) is 11.4 Å². The Hall–Kier alpha value is -2.02. The van der Waals surface area contributed by atoms with Crippen LogP contribution in [0.2, 0.25) is 0 Å². The van der Waals surface area contributed by atoms with Crippen molar-refractivity contribution in [3.8, 4) is 0 Å². The molecule has 1 amide bonds. The van der Waals surface area contributed by atoms with Gasteiger partial charge in [-0.2, -0.15) is 0 Å². The van der Waals surface area contributed by atoms with Crippen LogP contribution < -0.4 is 0 Å². The van der Waals surface area contributed by atoms with Crippen LogP contribution in [0.5, 0.6) is 0 Å². The molecule has 1 atom stereocenters. The zero-order valence-electron chi connectivity index (χ0n) is 17.0. The van der Waals surface area contributed by atoms with E-state index in [0.717, 1.165) is 69.4 Å². The third-order valence-electron chi connectivity index (χ3n) is 7.19. The van der Waals surface area contributed by atoms with Gasteiger partial charge in [-0.25, -0.2) is 4.98 Å². The SMILES string of the molecule is COC1CN(C2CCN(C(=O)c3ccc4ccccc4n3)CC2)C12CCOCC2. The maximum atomic E-state index is 13.0. The summed E-state index contributed by atoms with van der Waals surface area (Å²) < 4.78 is 11.4. The maximum Gasteiger partial charge on any atom is 0.272 e. The fourth-order valence-corrected chi connectivity index (χ4v) is 5.47. The van der Waals surface area contributed by atoms with E-state index >= 15 is 0 Å². The molecule has 1 aromatic carbocycles. The van der Waals surface area contributed by atoms with Crippen molar-refractivity contribution in [2.24, 2.45) is 0 Å². The number of fused-ring (bicyclic) bond motifs is 1. The molecule has 3 aliphatic rings. The summed E-state index contributed by atoms with van der Waals surface area (Å²) in [4.78, 5) is 22.2. The van der Waals surface area contributed by atoms with E-state index < -0.39 is 0 Å². The molecule has 3 fully saturated rings. The second-order valence-electron chi connectivity index (χ2n) is 8.51. The standard InChI is InChI=1S/C23H29N3O3/c1-28-21-16-26(23(21)10-14-29-15-11-23)18-8-12-25(13-9-18)22(27)20-7-6-17-4-2-3-5-19(17)24-20/h2-7,18,21H,8-16H2,1H3. The highest BCUT2D eigenvalue weighted by Crippen LogP contribution is 2.44. The van der Waals surface area contributed by atoms with Crippen molar-refractivity contribution >= 4 is 16.8 Å². The maximum absolute atomic E-state index is 13.0. The lowest BCUT2D eigenvalue weighted by molar-refractivity contribution is -0.207. The summed E-state index contributed by atoms with van der Waals surface area (Å²) in [5.74, 6) is 0.0494. The van der Waals surface area contributed by atoms with E-state index in [4.69, 9.17) is 9.47 Å². The molecule has 0 radical (unpaired) electrons. The number of aromatic nitrogens is 1. The van der Waals surface area contributed by atoms with Gasteiger partial charge in [0, 0.05) is 51.4 Å².